The van der Waals surface area contributed by atoms with Crippen LogP contribution in [-0.2, 0) is 4.79 Å². The van der Waals surface area contributed by atoms with E-state index in [1.807, 2.05) is 48.5 Å². The minimum absolute atomic E-state index is 0.0136. The zero-order valence-electron chi connectivity index (χ0n) is 12.2. The number of benzene rings is 2. The number of hydrogen-bond donors (Lipinski definition) is 1. The second kappa shape index (κ2) is 8.61. The van der Waals surface area contributed by atoms with Crippen LogP contribution < -0.4 is 5.32 Å². The summed E-state index contributed by atoms with van der Waals surface area (Å²) < 4.78 is 1.03. The van der Waals surface area contributed by atoms with Crippen LogP contribution in [0.3, 0.4) is 0 Å². The SMILES string of the molecule is CC[C@H](NC(=O)CSc1ccccc1Cl)c1ccc(Br)cc1. The molecule has 0 heterocycles. The van der Waals surface area contributed by atoms with Crippen LogP contribution in [0, 0.1) is 0 Å². The molecule has 2 aromatic carbocycles. The molecule has 1 N–H and O–H groups in total. The van der Waals surface area contributed by atoms with Crippen molar-refractivity contribution in [2.24, 2.45) is 0 Å². The third-order valence-electron chi connectivity index (χ3n) is 3.21. The minimum Gasteiger partial charge on any atom is -0.349 e. The number of thioether (sulfide) groups is 1. The summed E-state index contributed by atoms with van der Waals surface area (Å²) in [6.45, 7) is 2.06. The largest absolute Gasteiger partial charge is 0.349 e. The zero-order chi connectivity index (χ0) is 15.9. The van der Waals surface area contributed by atoms with Crippen LogP contribution in [0.25, 0.3) is 0 Å². The van der Waals surface area contributed by atoms with Crippen molar-refractivity contribution in [3.05, 3.63) is 63.6 Å². The number of halogens is 2. The molecule has 0 bridgehead atoms. The van der Waals surface area contributed by atoms with Crippen molar-refractivity contribution in [1.82, 2.24) is 5.32 Å². The highest BCUT2D eigenvalue weighted by Crippen LogP contribution is 2.26. The molecule has 2 nitrogen and oxygen atoms in total. The second-order valence-electron chi connectivity index (χ2n) is 4.80. The van der Waals surface area contributed by atoms with E-state index in [9.17, 15) is 4.79 Å². The quantitative estimate of drug-likeness (QED) is 0.654. The van der Waals surface area contributed by atoms with Gasteiger partial charge in [0.1, 0.15) is 0 Å². The Labute approximate surface area is 148 Å². The summed E-state index contributed by atoms with van der Waals surface area (Å²) in [5.41, 5.74) is 1.11. The number of nitrogens with one attached hydrogen (secondary N) is 1. The van der Waals surface area contributed by atoms with E-state index >= 15 is 0 Å². The van der Waals surface area contributed by atoms with E-state index in [-0.39, 0.29) is 11.9 Å². The molecule has 0 aliphatic rings. The molecule has 0 spiro atoms. The lowest BCUT2D eigenvalue weighted by atomic mass is 10.0. The van der Waals surface area contributed by atoms with Crippen LogP contribution in [0.4, 0.5) is 0 Å². The maximum atomic E-state index is 12.2. The van der Waals surface area contributed by atoms with Crippen LogP contribution in [0.15, 0.2) is 57.9 Å². The number of rotatable bonds is 6. The lowest BCUT2D eigenvalue weighted by Gasteiger charge is -2.17. The minimum atomic E-state index is 0.0136. The standard InChI is InChI=1S/C17H17BrClNOS/c1-2-15(12-7-9-13(18)10-8-12)20-17(21)11-22-16-6-4-3-5-14(16)19/h3-10,15H,2,11H2,1H3,(H,20,21)/t15-/m0/s1. The van der Waals surface area contributed by atoms with Gasteiger partial charge in [-0.05, 0) is 36.2 Å². The first-order valence-corrected chi connectivity index (χ1v) is 9.18. The molecule has 0 aliphatic carbocycles. The lowest BCUT2D eigenvalue weighted by Crippen LogP contribution is -2.29. The Morgan fingerprint density at radius 3 is 2.55 bits per heavy atom. The fraction of sp³-hybridized carbons (Fsp3) is 0.235. The number of carbonyl (C=O) groups excluding carboxylic acids is 1. The van der Waals surface area contributed by atoms with Gasteiger partial charge in [-0.25, -0.2) is 0 Å². The molecule has 0 aromatic heterocycles. The molecule has 0 fully saturated rings. The summed E-state index contributed by atoms with van der Waals surface area (Å²) in [7, 11) is 0. The van der Waals surface area contributed by atoms with Crippen molar-refractivity contribution in [3.8, 4) is 0 Å². The van der Waals surface area contributed by atoms with E-state index in [0.717, 1.165) is 21.4 Å². The van der Waals surface area contributed by atoms with Crippen molar-refractivity contribution in [2.75, 3.05) is 5.75 Å². The average Bonchev–Trinajstić information content (AvgIpc) is 2.53. The smallest absolute Gasteiger partial charge is 0.230 e. The fourth-order valence-corrected chi connectivity index (χ4v) is 3.37. The molecule has 2 rings (SSSR count). The predicted molar refractivity (Wildman–Crippen MR) is 97.5 cm³/mol. The maximum Gasteiger partial charge on any atom is 0.230 e. The first-order chi connectivity index (χ1) is 10.6. The van der Waals surface area contributed by atoms with Gasteiger partial charge in [-0.2, -0.15) is 0 Å². The summed E-state index contributed by atoms with van der Waals surface area (Å²) in [5.74, 6) is 0.371. The molecule has 1 atom stereocenters. The van der Waals surface area contributed by atoms with Gasteiger partial charge in [-0.1, -0.05) is 58.7 Å². The summed E-state index contributed by atoms with van der Waals surface area (Å²) in [4.78, 5) is 13.1. The summed E-state index contributed by atoms with van der Waals surface area (Å²) in [5, 5.41) is 3.75. The van der Waals surface area contributed by atoms with E-state index in [0.29, 0.717) is 10.8 Å². The van der Waals surface area contributed by atoms with Crippen LogP contribution >= 0.6 is 39.3 Å². The molecular formula is C17H17BrClNOS. The highest BCUT2D eigenvalue weighted by molar-refractivity contribution is 9.10. The third-order valence-corrected chi connectivity index (χ3v) is 5.26. The Hall–Kier alpha value is -0.970. The maximum absolute atomic E-state index is 12.2. The van der Waals surface area contributed by atoms with Gasteiger partial charge in [0.15, 0.2) is 0 Å². The van der Waals surface area contributed by atoms with Gasteiger partial charge in [-0.15, -0.1) is 11.8 Å². The number of carbonyl (C=O) groups is 1. The normalized spacial score (nSPS) is 12.0. The molecule has 0 aliphatic heterocycles. The van der Waals surface area contributed by atoms with Crippen LogP contribution in [0.2, 0.25) is 5.02 Å². The molecule has 0 saturated heterocycles. The Morgan fingerprint density at radius 1 is 1.23 bits per heavy atom. The van der Waals surface area contributed by atoms with Crippen LogP contribution in [0.1, 0.15) is 24.9 Å². The molecule has 5 heteroatoms. The Bertz CT molecular complexity index is 633. The molecule has 22 heavy (non-hydrogen) atoms. The van der Waals surface area contributed by atoms with Crippen molar-refractivity contribution in [1.29, 1.82) is 0 Å². The zero-order valence-corrected chi connectivity index (χ0v) is 15.3. The number of amides is 1. The van der Waals surface area contributed by atoms with Gasteiger partial charge >= 0.3 is 0 Å². The molecule has 1 amide bonds. The molecular weight excluding hydrogens is 382 g/mol. The van der Waals surface area contributed by atoms with E-state index in [4.69, 9.17) is 11.6 Å². The lowest BCUT2D eigenvalue weighted by molar-refractivity contribution is -0.119. The Balaban J connectivity index is 1.92. The van der Waals surface area contributed by atoms with Crippen molar-refractivity contribution in [3.63, 3.8) is 0 Å². The highest BCUT2D eigenvalue weighted by atomic mass is 79.9. The van der Waals surface area contributed by atoms with Gasteiger partial charge in [0, 0.05) is 9.37 Å². The molecule has 2 aromatic rings. The van der Waals surface area contributed by atoms with Gasteiger partial charge < -0.3 is 5.32 Å². The van der Waals surface area contributed by atoms with Gasteiger partial charge in [0.05, 0.1) is 16.8 Å². The monoisotopic (exact) mass is 397 g/mol. The van der Waals surface area contributed by atoms with Crippen LogP contribution in [-0.4, -0.2) is 11.7 Å². The van der Waals surface area contributed by atoms with E-state index in [1.165, 1.54) is 11.8 Å². The van der Waals surface area contributed by atoms with E-state index in [2.05, 4.69) is 28.2 Å². The summed E-state index contributed by atoms with van der Waals surface area (Å²) in [6, 6.07) is 15.6. The van der Waals surface area contributed by atoms with E-state index in [1.54, 1.807) is 0 Å². The van der Waals surface area contributed by atoms with Gasteiger partial charge in [-0.3, -0.25) is 4.79 Å². The first-order valence-electron chi connectivity index (χ1n) is 7.02. The molecule has 116 valence electrons. The van der Waals surface area contributed by atoms with Crippen molar-refractivity contribution >= 4 is 45.2 Å². The second-order valence-corrected chi connectivity index (χ2v) is 7.14. The first kappa shape index (κ1) is 17.4. The third kappa shape index (κ3) is 5.04. The Morgan fingerprint density at radius 2 is 1.91 bits per heavy atom. The average molecular weight is 399 g/mol. The number of hydrogen-bond acceptors (Lipinski definition) is 2. The summed E-state index contributed by atoms with van der Waals surface area (Å²) in [6.07, 6.45) is 0.851. The van der Waals surface area contributed by atoms with Gasteiger partial charge in [0.25, 0.3) is 0 Å². The van der Waals surface area contributed by atoms with Crippen molar-refractivity contribution in [2.45, 2.75) is 24.3 Å². The molecule has 0 radical (unpaired) electrons. The topological polar surface area (TPSA) is 29.1 Å². The van der Waals surface area contributed by atoms with E-state index < -0.39 is 0 Å². The van der Waals surface area contributed by atoms with Gasteiger partial charge in [0.2, 0.25) is 5.91 Å². The molecule has 0 unspecified atom stereocenters. The fourth-order valence-electron chi connectivity index (χ4n) is 2.06. The molecule has 0 saturated carbocycles. The Kier molecular flexibility index (Phi) is 6.80. The van der Waals surface area contributed by atoms with Crippen LogP contribution in [0.5, 0.6) is 0 Å². The highest BCUT2D eigenvalue weighted by Gasteiger charge is 2.13. The summed E-state index contributed by atoms with van der Waals surface area (Å²) >= 11 is 11.0. The predicted octanol–water partition coefficient (Wildman–Crippen LogP) is 5.46. The van der Waals surface area contributed by atoms with Crippen molar-refractivity contribution < 1.29 is 4.79 Å².